The van der Waals surface area contributed by atoms with E-state index >= 15 is 0 Å². The number of nitrogens with zero attached hydrogens (tertiary/aromatic N) is 1. The number of benzene rings is 1. The number of H-pyrrole nitrogens is 1. The Balaban J connectivity index is 2.24. The van der Waals surface area contributed by atoms with Gasteiger partial charge in [-0.1, -0.05) is 6.07 Å². The maximum atomic E-state index is 5.39. The van der Waals surface area contributed by atoms with Gasteiger partial charge in [-0.3, -0.25) is 0 Å². The summed E-state index contributed by atoms with van der Waals surface area (Å²) in [7, 11) is 3.27. The summed E-state index contributed by atoms with van der Waals surface area (Å²) in [6, 6.07) is 9.83. The van der Waals surface area contributed by atoms with E-state index < -0.39 is 0 Å². The van der Waals surface area contributed by atoms with Crippen LogP contribution in [0.15, 0.2) is 34.9 Å². The zero-order valence-electron chi connectivity index (χ0n) is 12.0. The van der Waals surface area contributed by atoms with E-state index in [1.807, 2.05) is 37.3 Å². The highest BCUT2D eigenvalue weighted by molar-refractivity contribution is 9.10. The summed E-state index contributed by atoms with van der Waals surface area (Å²) in [4.78, 5) is 7.95. The molecule has 0 saturated heterocycles. The van der Waals surface area contributed by atoms with Crippen LogP contribution in [0.4, 0.5) is 0 Å². The number of aromatic amines is 1. The minimum absolute atomic E-state index is 0.707. The van der Waals surface area contributed by atoms with Crippen molar-refractivity contribution in [1.82, 2.24) is 9.97 Å². The first-order chi connectivity index (χ1) is 10.1. The minimum atomic E-state index is 0.707. The fourth-order valence-electron chi connectivity index (χ4n) is 2.51. The van der Waals surface area contributed by atoms with E-state index in [2.05, 4.69) is 25.9 Å². The summed E-state index contributed by atoms with van der Waals surface area (Å²) < 4.78 is 11.5. The summed E-state index contributed by atoms with van der Waals surface area (Å²) in [5.41, 5.74) is 5.15. The highest BCUT2D eigenvalue weighted by Crippen LogP contribution is 2.37. The molecule has 1 N–H and O–H groups in total. The first kappa shape index (κ1) is 13.9. The average molecular weight is 347 g/mol. The third-order valence-corrected chi connectivity index (χ3v) is 3.91. The van der Waals surface area contributed by atoms with Crippen molar-refractivity contribution >= 4 is 27.0 Å². The smallest absolute Gasteiger partial charge is 0.161 e. The predicted octanol–water partition coefficient (Wildman–Crippen LogP) is 4.32. The second-order valence-corrected chi connectivity index (χ2v) is 5.54. The van der Waals surface area contributed by atoms with Crippen molar-refractivity contribution < 1.29 is 9.47 Å². The molecule has 4 nitrogen and oxygen atoms in total. The second-order valence-electron chi connectivity index (χ2n) is 4.72. The number of fused-ring (bicyclic) bond motifs is 1. The van der Waals surface area contributed by atoms with Crippen LogP contribution >= 0.6 is 15.9 Å². The fraction of sp³-hybridized carbons (Fsp3) is 0.188. The molecule has 0 amide bonds. The van der Waals surface area contributed by atoms with E-state index in [1.54, 1.807) is 14.2 Å². The van der Waals surface area contributed by atoms with Gasteiger partial charge in [0.2, 0.25) is 0 Å². The van der Waals surface area contributed by atoms with Crippen LogP contribution in [0.25, 0.3) is 22.2 Å². The van der Waals surface area contributed by atoms with Gasteiger partial charge in [-0.25, -0.2) is 4.98 Å². The van der Waals surface area contributed by atoms with Crippen molar-refractivity contribution in [2.75, 3.05) is 14.2 Å². The van der Waals surface area contributed by atoms with Crippen LogP contribution in [-0.2, 0) is 0 Å². The van der Waals surface area contributed by atoms with Crippen molar-refractivity contribution in [3.8, 4) is 22.6 Å². The van der Waals surface area contributed by atoms with E-state index in [9.17, 15) is 0 Å². The molecule has 5 heteroatoms. The molecule has 2 aromatic heterocycles. The zero-order valence-corrected chi connectivity index (χ0v) is 13.6. The number of aryl methyl sites for hydroxylation is 1. The number of halogens is 1. The lowest BCUT2D eigenvalue weighted by atomic mass is 10.0. The van der Waals surface area contributed by atoms with Gasteiger partial charge in [-0.2, -0.15) is 0 Å². The number of hydrogen-bond acceptors (Lipinski definition) is 3. The third-order valence-electron chi connectivity index (χ3n) is 3.47. The number of nitrogens with one attached hydrogen (secondary N) is 1. The SMILES string of the molecule is COc1ccc(-c2c(C)[nH]c3ccc(Br)nc23)cc1OC. The maximum absolute atomic E-state index is 5.39. The molecule has 0 radical (unpaired) electrons. The predicted molar refractivity (Wildman–Crippen MR) is 87.1 cm³/mol. The largest absolute Gasteiger partial charge is 0.493 e. The van der Waals surface area contributed by atoms with Gasteiger partial charge in [0, 0.05) is 11.3 Å². The van der Waals surface area contributed by atoms with Gasteiger partial charge in [-0.15, -0.1) is 0 Å². The Morgan fingerprint density at radius 1 is 1.05 bits per heavy atom. The van der Waals surface area contributed by atoms with Crippen molar-refractivity contribution in [3.05, 3.63) is 40.6 Å². The Morgan fingerprint density at radius 2 is 1.81 bits per heavy atom. The minimum Gasteiger partial charge on any atom is -0.493 e. The summed E-state index contributed by atoms with van der Waals surface area (Å²) >= 11 is 3.43. The van der Waals surface area contributed by atoms with Crippen LogP contribution < -0.4 is 9.47 Å². The molecule has 0 atom stereocenters. The molecule has 0 spiro atoms. The van der Waals surface area contributed by atoms with Crippen molar-refractivity contribution in [2.24, 2.45) is 0 Å². The summed E-state index contributed by atoms with van der Waals surface area (Å²) in [5.74, 6) is 1.42. The molecule has 1 aromatic carbocycles. The molecule has 0 aliphatic carbocycles. The fourth-order valence-corrected chi connectivity index (χ4v) is 2.82. The highest BCUT2D eigenvalue weighted by atomic mass is 79.9. The number of methoxy groups -OCH3 is 2. The molecule has 0 aliphatic heterocycles. The average Bonchev–Trinajstić information content (AvgIpc) is 2.81. The molecule has 21 heavy (non-hydrogen) atoms. The Bertz CT molecular complexity index is 811. The lowest BCUT2D eigenvalue weighted by Gasteiger charge is -2.09. The first-order valence-corrected chi connectivity index (χ1v) is 7.30. The Labute approximate surface area is 131 Å². The third kappa shape index (κ3) is 2.38. The monoisotopic (exact) mass is 346 g/mol. The lowest BCUT2D eigenvalue weighted by molar-refractivity contribution is 0.355. The van der Waals surface area contributed by atoms with Crippen molar-refractivity contribution in [3.63, 3.8) is 0 Å². The zero-order chi connectivity index (χ0) is 15.0. The molecule has 108 valence electrons. The number of ether oxygens (including phenoxy) is 2. The van der Waals surface area contributed by atoms with E-state index in [0.29, 0.717) is 11.5 Å². The second kappa shape index (κ2) is 5.41. The number of hydrogen-bond donors (Lipinski definition) is 1. The molecular weight excluding hydrogens is 332 g/mol. The molecule has 0 aliphatic rings. The summed E-state index contributed by atoms with van der Waals surface area (Å²) in [6.07, 6.45) is 0. The van der Waals surface area contributed by atoms with Crippen LogP contribution in [0.3, 0.4) is 0 Å². The van der Waals surface area contributed by atoms with Crippen LogP contribution in [0.5, 0.6) is 11.5 Å². The Morgan fingerprint density at radius 3 is 2.52 bits per heavy atom. The maximum Gasteiger partial charge on any atom is 0.161 e. The van der Waals surface area contributed by atoms with E-state index in [4.69, 9.17) is 9.47 Å². The van der Waals surface area contributed by atoms with Gasteiger partial charge in [0.05, 0.1) is 25.3 Å². The van der Waals surface area contributed by atoms with E-state index in [1.165, 1.54) is 0 Å². The normalized spacial score (nSPS) is 10.9. The summed E-state index contributed by atoms with van der Waals surface area (Å²) in [6.45, 7) is 2.04. The van der Waals surface area contributed by atoms with Gasteiger partial charge >= 0.3 is 0 Å². The molecular formula is C16H15BrN2O2. The van der Waals surface area contributed by atoms with E-state index in [0.717, 1.165) is 32.5 Å². The van der Waals surface area contributed by atoms with Gasteiger partial charge in [0.1, 0.15) is 4.60 Å². The topological polar surface area (TPSA) is 47.1 Å². The Hall–Kier alpha value is -2.01. The standard InChI is InChI=1S/C16H15BrN2O2/c1-9-15(16-11(18-9)5-7-14(17)19-16)10-4-6-12(20-2)13(8-10)21-3/h4-8,18H,1-3H3. The van der Waals surface area contributed by atoms with Crippen molar-refractivity contribution in [1.29, 1.82) is 0 Å². The molecule has 3 rings (SSSR count). The number of aromatic nitrogens is 2. The molecule has 0 bridgehead atoms. The first-order valence-electron chi connectivity index (χ1n) is 6.51. The lowest BCUT2D eigenvalue weighted by Crippen LogP contribution is -1.91. The molecule has 2 heterocycles. The van der Waals surface area contributed by atoms with Gasteiger partial charge in [0.25, 0.3) is 0 Å². The molecule has 3 aromatic rings. The van der Waals surface area contributed by atoms with Crippen LogP contribution in [-0.4, -0.2) is 24.2 Å². The quantitative estimate of drug-likeness (QED) is 0.718. The van der Waals surface area contributed by atoms with Crippen LogP contribution in [0, 0.1) is 6.92 Å². The molecule has 0 fully saturated rings. The number of pyridine rings is 1. The summed E-state index contributed by atoms with van der Waals surface area (Å²) in [5, 5.41) is 0. The van der Waals surface area contributed by atoms with E-state index in [-0.39, 0.29) is 0 Å². The molecule has 0 unspecified atom stereocenters. The van der Waals surface area contributed by atoms with Gasteiger partial charge < -0.3 is 14.5 Å². The highest BCUT2D eigenvalue weighted by Gasteiger charge is 2.14. The number of rotatable bonds is 3. The van der Waals surface area contributed by atoms with Crippen LogP contribution in [0.2, 0.25) is 0 Å². The molecule has 0 saturated carbocycles. The van der Waals surface area contributed by atoms with Gasteiger partial charge in [0.15, 0.2) is 11.5 Å². The van der Waals surface area contributed by atoms with Gasteiger partial charge in [-0.05, 0) is 52.7 Å². The van der Waals surface area contributed by atoms with Crippen LogP contribution in [0.1, 0.15) is 5.69 Å². The Kier molecular flexibility index (Phi) is 3.59. The van der Waals surface area contributed by atoms with Crippen molar-refractivity contribution in [2.45, 2.75) is 6.92 Å².